The van der Waals surface area contributed by atoms with Gasteiger partial charge in [-0.3, -0.25) is 9.20 Å². The van der Waals surface area contributed by atoms with Crippen molar-refractivity contribution in [2.75, 3.05) is 0 Å². The van der Waals surface area contributed by atoms with Crippen LogP contribution in [0.5, 0.6) is 0 Å². The minimum atomic E-state index is -0.512. The molecule has 2 atom stereocenters. The molecule has 0 spiro atoms. The van der Waals surface area contributed by atoms with Gasteiger partial charge in [-0.05, 0) is 25.0 Å². The maximum absolute atomic E-state index is 11.9. The number of rotatable bonds is 4. The Hall–Kier alpha value is -1.37. The van der Waals surface area contributed by atoms with Crippen molar-refractivity contribution in [1.82, 2.24) is 19.9 Å². The van der Waals surface area contributed by atoms with Crippen molar-refractivity contribution in [1.29, 1.82) is 0 Å². The molecule has 0 saturated heterocycles. The Bertz CT molecular complexity index is 587. The molecule has 8 heteroatoms. The van der Waals surface area contributed by atoms with Crippen LogP contribution < -0.4 is 11.1 Å². The zero-order valence-corrected chi connectivity index (χ0v) is 13.8. The first kappa shape index (κ1) is 19.6. The van der Waals surface area contributed by atoms with Gasteiger partial charge in [0.1, 0.15) is 0 Å². The van der Waals surface area contributed by atoms with E-state index >= 15 is 0 Å². The van der Waals surface area contributed by atoms with Crippen molar-refractivity contribution in [2.24, 2.45) is 11.7 Å². The van der Waals surface area contributed by atoms with E-state index in [2.05, 4.69) is 15.5 Å². The van der Waals surface area contributed by atoms with Gasteiger partial charge in [0.15, 0.2) is 11.5 Å². The van der Waals surface area contributed by atoms with Gasteiger partial charge < -0.3 is 11.1 Å². The number of hydrogen-bond donors (Lipinski definition) is 2. The van der Waals surface area contributed by atoms with Crippen LogP contribution in [0.2, 0.25) is 0 Å². The average molecular weight is 334 g/mol. The fourth-order valence-electron chi connectivity index (χ4n) is 1.83. The lowest BCUT2D eigenvalue weighted by Gasteiger charge is -2.18. The lowest BCUT2D eigenvalue weighted by Crippen LogP contribution is -2.45. The lowest BCUT2D eigenvalue weighted by molar-refractivity contribution is -0.123. The Morgan fingerprint density at radius 1 is 1.24 bits per heavy atom. The number of amides is 1. The van der Waals surface area contributed by atoms with E-state index < -0.39 is 6.04 Å². The van der Waals surface area contributed by atoms with Crippen LogP contribution in [0.15, 0.2) is 24.4 Å². The normalized spacial score (nSPS) is 13.2. The van der Waals surface area contributed by atoms with E-state index in [0.717, 1.165) is 5.65 Å². The van der Waals surface area contributed by atoms with Gasteiger partial charge in [0.25, 0.3) is 0 Å². The van der Waals surface area contributed by atoms with E-state index in [0.29, 0.717) is 5.82 Å². The highest BCUT2D eigenvalue weighted by Crippen LogP contribution is 2.12. The van der Waals surface area contributed by atoms with Crippen LogP contribution in [0.4, 0.5) is 0 Å². The molecule has 1 amide bonds. The minimum absolute atomic E-state index is 0. The third-order valence-corrected chi connectivity index (χ3v) is 3.11. The van der Waals surface area contributed by atoms with E-state index in [1.54, 1.807) is 0 Å². The molecule has 2 heterocycles. The monoisotopic (exact) mass is 333 g/mol. The number of nitrogens with two attached hydrogens (primary N) is 1. The second-order valence-electron chi connectivity index (χ2n) is 4.99. The fraction of sp³-hybridized carbons (Fsp3) is 0.462. The van der Waals surface area contributed by atoms with Crippen LogP contribution in [-0.2, 0) is 4.79 Å². The highest BCUT2D eigenvalue weighted by Gasteiger charge is 2.21. The summed E-state index contributed by atoms with van der Waals surface area (Å²) < 4.78 is 1.85. The number of carbonyl (C=O) groups excluding carboxylic acids is 1. The fourth-order valence-corrected chi connectivity index (χ4v) is 1.83. The van der Waals surface area contributed by atoms with Crippen molar-refractivity contribution < 1.29 is 4.79 Å². The van der Waals surface area contributed by atoms with Gasteiger partial charge in [-0.25, -0.2) is 0 Å². The number of aromatic nitrogens is 3. The standard InChI is InChI=1S/C13H19N5O.2ClH/c1-8(2)11(14)13(19)15-9(3)12-17-16-10-6-4-5-7-18(10)12;;/h4-9,11H,14H2,1-3H3,(H,15,19);2*1H. The van der Waals surface area contributed by atoms with Gasteiger partial charge in [-0.1, -0.05) is 19.9 Å². The second kappa shape index (κ2) is 8.17. The third kappa shape index (κ3) is 4.30. The van der Waals surface area contributed by atoms with Crippen molar-refractivity contribution in [3.63, 3.8) is 0 Å². The summed E-state index contributed by atoms with van der Waals surface area (Å²) in [5, 5.41) is 11.0. The molecule has 0 radical (unpaired) electrons. The van der Waals surface area contributed by atoms with Gasteiger partial charge >= 0.3 is 0 Å². The Morgan fingerprint density at radius 2 is 1.90 bits per heavy atom. The van der Waals surface area contributed by atoms with Crippen molar-refractivity contribution in [3.8, 4) is 0 Å². The van der Waals surface area contributed by atoms with Gasteiger partial charge in [0.05, 0.1) is 12.1 Å². The molecular formula is C13H21Cl2N5O. The Labute approximate surface area is 136 Å². The van der Waals surface area contributed by atoms with Gasteiger partial charge in [0, 0.05) is 6.20 Å². The topological polar surface area (TPSA) is 85.3 Å². The molecule has 6 nitrogen and oxygen atoms in total. The van der Waals surface area contributed by atoms with Crippen molar-refractivity contribution in [2.45, 2.75) is 32.9 Å². The van der Waals surface area contributed by atoms with Crippen molar-refractivity contribution in [3.05, 3.63) is 30.2 Å². The average Bonchev–Trinajstić information content (AvgIpc) is 2.81. The Morgan fingerprint density at radius 3 is 2.52 bits per heavy atom. The van der Waals surface area contributed by atoms with Crippen LogP contribution in [0, 0.1) is 5.92 Å². The first-order chi connectivity index (χ1) is 9.00. The third-order valence-electron chi connectivity index (χ3n) is 3.11. The van der Waals surface area contributed by atoms with Crippen LogP contribution >= 0.6 is 24.8 Å². The molecule has 2 aromatic rings. The van der Waals surface area contributed by atoms with Crippen molar-refractivity contribution >= 4 is 36.4 Å². The number of hydrogen-bond acceptors (Lipinski definition) is 4. The largest absolute Gasteiger partial charge is 0.345 e. The molecule has 0 aliphatic carbocycles. The molecule has 118 valence electrons. The first-order valence-electron chi connectivity index (χ1n) is 6.36. The summed E-state index contributed by atoms with van der Waals surface area (Å²) in [5.41, 5.74) is 6.58. The van der Waals surface area contributed by atoms with Crippen LogP contribution in [-0.4, -0.2) is 26.5 Å². The lowest BCUT2D eigenvalue weighted by atomic mass is 10.0. The van der Waals surface area contributed by atoms with E-state index in [1.807, 2.05) is 49.6 Å². The number of fused-ring (bicyclic) bond motifs is 1. The highest BCUT2D eigenvalue weighted by atomic mass is 35.5. The maximum atomic E-state index is 11.9. The van der Waals surface area contributed by atoms with Crippen LogP contribution in [0.3, 0.4) is 0 Å². The maximum Gasteiger partial charge on any atom is 0.237 e. The number of pyridine rings is 1. The quantitative estimate of drug-likeness (QED) is 0.892. The molecule has 0 aliphatic rings. The number of nitrogens with zero attached hydrogens (tertiary/aromatic N) is 3. The zero-order chi connectivity index (χ0) is 14.0. The van der Waals surface area contributed by atoms with Gasteiger partial charge in [-0.2, -0.15) is 0 Å². The smallest absolute Gasteiger partial charge is 0.237 e. The Balaban J connectivity index is 0.00000200. The second-order valence-corrected chi connectivity index (χ2v) is 4.99. The summed E-state index contributed by atoms with van der Waals surface area (Å²) in [4.78, 5) is 11.9. The molecule has 0 aliphatic heterocycles. The molecule has 0 aromatic carbocycles. The molecular weight excluding hydrogens is 313 g/mol. The molecule has 2 aromatic heterocycles. The molecule has 0 fully saturated rings. The zero-order valence-electron chi connectivity index (χ0n) is 12.2. The SMILES string of the molecule is CC(NC(=O)C(N)C(C)C)c1nnc2ccccn12.Cl.Cl. The summed E-state index contributed by atoms with van der Waals surface area (Å²) in [5.74, 6) is 0.623. The molecule has 2 unspecified atom stereocenters. The summed E-state index contributed by atoms with van der Waals surface area (Å²) in [7, 11) is 0. The molecule has 0 bridgehead atoms. The van der Waals surface area contributed by atoms with E-state index in [1.165, 1.54) is 0 Å². The summed E-state index contributed by atoms with van der Waals surface area (Å²) in [6.07, 6.45) is 1.87. The number of carbonyl (C=O) groups is 1. The molecule has 21 heavy (non-hydrogen) atoms. The molecule has 2 rings (SSSR count). The molecule has 0 saturated carbocycles. The van der Waals surface area contributed by atoms with Gasteiger partial charge in [0.2, 0.25) is 5.91 Å². The first-order valence-corrected chi connectivity index (χ1v) is 6.36. The summed E-state index contributed by atoms with van der Waals surface area (Å²) >= 11 is 0. The Kier molecular flexibility index (Phi) is 7.63. The number of nitrogens with one attached hydrogen (secondary N) is 1. The predicted octanol–water partition coefficient (Wildman–Crippen LogP) is 1.73. The summed E-state index contributed by atoms with van der Waals surface area (Å²) in [6.45, 7) is 5.71. The van der Waals surface area contributed by atoms with Crippen LogP contribution in [0.1, 0.15) is 32.6 Å². The highest BCUT2D eigenvalue weighted by molar-refractivity contribution is 5.85. The van der Waals surface area contributed by atoms with Gasteiger partial charge in [-0.15, -0.1) is 35.0 Å². The van der Waals surface area contributed by atoms with Crippen LogP contribution in [0.25, 0.3) is 5.65 Å². The minimum Gasteiger partial charge on any atom is -0.345 e. The number of halogens is 2. The van der Waals surface area contributed by atoms with E-state index in [4.69, 9.17) is 5.73 Å². The predicted molar refractivity (Wildman–Crippen MR) is 86.9 cm³/mol. The summed E-state index contributed by atoms with van der Waals surface area (Å²) in [6, 6.07) is 4.90. The van der Waals surface area contributed by atoms with E-state index in [-0.39, 0.29) is 42.7 Å². The molecule has 3 N–H and O–H groups in total. The van der Waals surface area contributed by atoms with E-state index in [9.17, 15) is 4.79 Å².